The van der Waals surface area contributed by atoms with Crippen LogP contribution in [-0.2, 0) is 9.59 Å². The van der Waals surface area contributed by atoms with Crippen LogP contribution in [0.1, 0.15) is 12.8 Å². The Labute approximate surface area is 111 Å². The average molecular weight is 260 g/mol. The third-order valence-electron chi connectivity index (χ3n) is 3.00. The summed E-state index contributed by atoms with van der Waals surface area (Å²) in [5, 5.41) is 2.65. The summed E-state index contributed by atoms with van der Waals surface area (Å²) >= 11 is 0. The molecule has 0 bridgehead atoms. The van der Waals surface area contributed by atoms with Crippen LogP contribution in [0.4, 0.5) is 11.4 Å². The maximum absolute atomic E-state index is 11.7. The van der Waals surface area contributed by atoms with Gasteiger partial charge in [-0.25, -0.2) is 0 Å². The highest BCUT2D eigenvalue weighted by Crippen LogP contribution is 2.33. The summed E-state index contributed by atoms with van der Waals surface area (Å²) in [6, 6.07) is 5.22. The molecular formula is C14H16N2O3. The molecule has 1 aromatic rings. The number of carbonyl (C=O) groups excluding carboxylic acids is 2. The van der Waals surface area contributed by atoms with Gasteiger partial charge in [-0.05, 0) is 24.6 Å². The summed E-state index contributed by atoms with van der Waals surface area (Å²) < 4.78 is 5.29. The number of rotatable bonds is 4. The smallest absolute Gasteiger partial charge is 0.247 e. The highest BCUT2D eigenvalue weighted by molar-refractivity contribution is 6.00. The van der Waals surface area contributed by atoms with Crippen LogP contribution in [0.25, 0.3) is 0 Å². The van der Waals surface area contributed by atoms with E-state index in [1.165, 1.54) is 6.08 Å². The third-order valence-corrected chi connectivity index (χ3v) is 3.00. The van der Waals surface area contributed by atoms with Crippen molar-refractivity contribution < 1.29 is 14.3 Å². The molecule has 1 aliphatic heterocycles. The molecule has 1 fully saturated rings. The van der Waals surface area contributed by atoms with Gasteiger partial charge < -0.3 is 15.0 Å². The summed E-state index contributed by atoms with van der Waals surface area (Å²) in [6.07, 6.45) is 2.62. The lowest BCUT2D eigenvalue weighted by Crippen LogP contribution is -2.24. The number of benzene rings is 1. The van der Waals surface area contributed by atoms with Gasteiger partial charge in [-0.1, -0.05) is 6.58 Å². The van der Waals surface area contributed by atoms with Crippen molar-refractivity contribution in [1.29, 1.82) is 0 Å². The Balaban J connectivity index is 2.28. The number of carbonyl (C=O) groups is 2. The predicted octanol–water partition coefficient (Wildman–Crippen LogP) is 1.95. The molecule has 0 unspecified atom stereocenters. The van der Waals surface area contributed by atoms with Crippen molar-refractivity contribution in [2.45, 2.75) is 12.8 Å². The van der Waals surface area contributed by atoms with Gasteiger partial charge in [-0.3, -0.25) is 9.59 Å². The second-order valence-electron chi connectivity index (χ2n) is 4.23. The van der Waals surface area contributed by atoms with Crippen LogP contribution < -0.4 is 15.0 Å². The van der Waals surface area contributed by atoms with E-state index in [2.05, 4.69) is 11.9 Å². The largest absolute Gasteiger partial charge is 0.494 e. The minimum absolute atomic E-state index is 0.0983. The molecule has 5 heteroatoms. The lowest BCUT2D eigenvalue weighted by Gasteiger charge is -2.19. The fourth-order valence-corrected chi connectivity index (χ4v) is 2.07. The maximum atomic E-state index is 11.7. The van der Waals surface area contributed by atoms with Gasteiger partial charge in [0.15, 0.2) is 0 Å². The molecule has 5 nitrogen and oxygen atoms in total. The number of hydrogen-bond donors (Lipinski definition) is 1. The van der Waals surface area contributed by atoms with Crippen LogP contribution in [0.3, 0.4) is 0 Å². The SMILES string of the molecule is C=CC(=O)Nc1ccc(N2CCCC2=O)c(OC)c1. The first-order valence-electron chi connectivity index (χ1n) is 6.07. The Morgan fingerprint density at radius 3 is 2.89 bits per heavy atom. The van der Waals surface area contributed by atoms with E-state index in [1.54, 1.807) is 30.2 Å². The number of anilines is 2. The van der Waals surface area contributed by atoms with E-state index in [-0.39, 0.29) is 11.8 Å². The Kier molecular flexibility index (Phi) is 3.85. The molecule has 0 radical (unpaired) electrons. The second kappa shape index (κ2) is 5.56. The maximum Gasteiger partial charge on any atom is 0.247 e. The van der Waals surface area contributed by atoms with Crippen LogP contribution in [0.15, 0.2) is 30.9 Å². The van der Waals surface area contributed by atoms with Crippen LogP contribution in [0, 0.1) is 0 Å². The molecule has 1 N–H and O–H groups in total. The average Bonchev–Trinajstić information content (AvgIpc) is 2.84. The summed E-state index contributed by atoms with van der Waals surface area (Å²) in [5.74, 6) is 0.380. The van der Waals surface area contributed by atoms with Gasteiger partial charge in [0, 0.05) is 24.7 Å². The third kappa shape index (κ3) is 2.76. The second-order valence-corrected chi connectivity index (χ2v) is 4.23. The van der Waals surface area contributed by atoms with Gasteiger partial charge in [0.1, 0.15) is 5.75 Å². The molecular weight excluding hydrogens is 244 g/mol. The fourth-order valence-electron chi connectivity index (χ4n) is 2.07. The van der Waals surface area contributed by atoms with Crippen molar-refractivity contribution in [3.8, 4) is 5.75 Å². The van der Waals surface area contributed by atoms with E-state index < -0.39 is 0 Å². The first-order valence-corrected chi connectivity index (χ1v) is 6.07. The summed E-state index contributed by atoms with van der Waals surface area (Å²) in [7, 11) is 1.54. The molecule has 1 aromatic carbocycles. The zero-order valence-electron chi connectivity index (χ0n) is 10.8. The Morgan fingerprint density at radius 1 is 1.53 bits per heavy atom. The zero-order chi connectivity index (χ0) is 13.8. The Bertz CT molecular complexity index is 525. The Hall–Kier alpha value is -2.30. The quantitative estimate of drug-likeness (QED) is 0.842. The van der Waals surface area contributed by atoms with Crippen molar-refractivity contribution in [1.82, 2.24) is 0 Å². The standard InChI is InChI=1S/C14H16N2O3/c1-3-13(17)15-10-6-7-11(12(9-10)19-2)16-8-4-5-14(16)18/h3,6-7,9H,1,4-5,8H2,2H3,(H,15,17). The van der Waals surface area contributed by atoms with Gasteiger partial charge in [0.05, 0.1) is 12.8 Å². The van der Waals surface area contributed by atoms with Crippen molar-refractivity contribution in [3.63, 3.8) is 0 Å². The van der Waals surface area contributed by atoms with Gasteiger partial charge >= 0.3 is 0 Å². The lowest BCUT2D eigenvalue weighted by molar-refractivity contribution is -0.117. The first kappa shape index (κ1) is 13.1. The van der Waals surface area contributed by atoms with Gasteiger partial charge in [0.25, 0.3) is 0 Å². The molecule has 2 amide bonds. The summed E-state index contributed by atoms with van der Waals surface area (Å²) in [6.45, 7) is 4.10. The molecule has 1 saturated heterocycles. The van der Waals surface area contributed by atoms with E-state index >= 15 is 0 Å². The first-order chi connectivity index (χ1) is 9.15. The molecule has 0 aliphatic carbocycles. The minimum Gasteiger partial charge on any atom is -0.494 e. The molecule has 0 spiro atoms. The molecule has 1 aliphatic rings. The van der Waals surface area contributed by atoms with Crippen molar-refractivity contribution in [3.05, 3.63) is 30.9 Å². The van der Waals surface area contributed by atoms with Crippen molar-refractivity contribution in [2.75, 3.05) is 23.9 Å². The number of nitrogens with zero attached hydrogens (tertiary/aromatic N) is 1. The molecule has 2 rings (SSSR count). The van der Waals surface area contributed by atoms with Gasteiger partial charge in [0.2, 0.25) is 11.8 Å². The van der Waals surface area contributed by atoms with Crippen molar-refractivity contribution in [2.24, 2.45) is 0 Å². The summed E-state index contributed by atoms with van der Waals surface area (Å²) in [4.78, 5) is 24.7. The predicted molar refractivity (Wildman–Crippen MR) is 73.4 cm³/mol. The summed E-state index contributed by atoms with van der Waals surface area (Å²) in [5.41, 5.74) is 1.35. The number of hydrogen-bond acceptors (Lipinski definition) is 3. The molecule has 0 atom stereocenters. The van der Waals surface area contributed by atoms with Crippen LogP contribution in [0.5, 0.6) is 5.75 Å². The van der Waals surface area contributed by atoms with Gasteiger partial charge in [-0.2, -0.15) is 0 Å². The zero-order valence-corrected chi connectivity index (χ0v) is 10.8. The molecule has 1 heterocycles. The van der Waals surface area contributed by atoms with Crippen LogP contribution in [-0.4, -0.2) is 25.5 Å². The van der Waals surface area contributed by atoms with Crippen molar-refractivity contribution >= 4 is 23.2 Å². The van der Waals surface area contributed by atoms with Gasteiger partial charge in [-0.15, -0.1) is 0 Å². The number of methoxy groups -OCH3 is 1. The number of nitrogens with one attached hydrogen (secondary N) is 1. The minimum atomic E-state index is -0.285. The van der Waals surface area contributed by atoms with E-state index in [1.807, 2.05) is 0 Å². The number of ether oxygens (including phenoxy) is 1. The van der Waals surface area contributed by atoms with E-state index in [9.17, 15) is 9.59 Å². The molecule has 19 heavy (non-hydrogen) atoms. The van der Waals surface area contributed by atoms with E-state index in [0.717, 1.165) is 12.1 Å². The Morgan fingerprint density at radius 2 is 2.32 bits per heavy atom. The fraction of sp³-hybridized carbons (Fsp3) is 0.286. The number of amides is 2. The van der Waals surface area contributed by atoms with Crippen LogP contribution in [0.2, 0.25) is 0 Å². The monoisotopic (exact) mass is 260 g/mol. The normalized spacial score (nSPS) is 14.4. The van der Waals surface area contributed by atoms with E-state index in [4.69, 9.17) is 4.74 Å². The highest BCUT2D eigenvalue weighted by atomic mass is 16.5. The molecule has 0 aromatic heterocycles. The lowest BCUT2D eigenvalue weighted by atomic mass is 10.2. The van der Waals surface area contributed by atoms with E-state index in [0.29, 0.717) is 24.4 Å². The van der Waals surface area contributed by atoms with Crippen LogP contribution >= 0.6 is 0 Å². The molecule has 0 saturated carbocycles. The highest BCUT2D eigenvalue weighted by Gasteiger charge is 2.24. The topological polar surface area (TPSA) is 58.6 Å². The molecule has 100 valence electrons.